The van der Waals surface area contributed by atoms with Crippen LogP contribution in [0.3, 0.4) is 0 Å². The van der Waals surface area contributed by atoms with Crippen LogP contribution in [0, 0.1) is 20.2 Å². The maximum atomic E-state index is 12.2. The molecular weight excluding hydrogens is 328 g/mol. The van der Waals surface area contributed by atoms with Gasteiger partial charge in [-0.15, -0.1) is 0 Å². The van der Waals surface area contributed by atoms with Gasteiger partial charge >= 0.3 is 5.97 Å². The highest BCUT2D eigenvalue weighted by Crippen LogP contribution is 2.35. The Morgan fingerprint density at radius 1 is 1.20 bits per heavy atom. The summed E-state index contributed by atoms with van der Waals surface area (Å²) in [6.07, 6.45) is 5.89. The van der Waals surface area contributed by atoms with Crippen molar-refractivity contribution in [3.8, 4) is 0 Å². The monoisotopic (exact) mass is 346 g/mol. The van der Waals surface area contributed by atoms with E-state index >= 15 is 0 Å². The van der Waals surface area contributed by atoms with Gasteiger partial charge in [0.2, 0.25) is 0 Å². The molecule has 0 aliphatic heterocycles. The lowest BCUT2D eigenvalue weighted by molar-refractivity contribution is -0.394. The molecule has 0 saturated heterocycles. The lowest BCUT2D eigenvalue weighted by Gasteiger charge is -2.13. The van der Waals surface area contributed by atoms with Crippen molar-refractivity contribution >= 4 is 22.9 Å². The maximum absolute atomic E-state index is 12.2. The molecule has 0 N–H and O–H groups in total. The third-order valence-corrected chi connectivity index (χ3v) is 3.93. The summed E-state index contributed by atoms with van der Waals surface area (Å²) >= 11 is 0. The zero-order valence-corrected chi connectivity index (χ0v) is 13.8. The number of nitro benzene ring substituents is 2. The van der Waals surface area contributed by atoms with Gasteiger partial charge in [-0.3, -0.25) is 20.2 Å². The number of ether oxygens (including phenoxy) is 1. The topological polar surface area (TPSA) is 113 Å². The van der Waals surface area contributed by atoms with Gasteiger partial charge in [0.1, 0.15) is 12.2 Å². The minimum absolute atomic E-state index is 0.0860. The minimum atomic E-state index is -0.828. The highest BCUT2D eigenvalue weighted by atomic mass is 16.6. The number of benzene rings is 1. The predicted octanol–water partition coefficient (Wildman–Crippen LogP) is 4.19. The van der Waals surface area contributed by atoms with Gasteiger partial charge in [-0.1, -0.05) is 12.7 Å². The standard InChI is InChI=1S/C17H18N2O6/c1-11(2)16-14(18(21)22)8-13(9-15(16)19(23)24)17(20)25-10-12-6-4-3-5-7-12/h6,8-9H,1,3-5,7,10H2,2H3. The molecule has 1 aliphatic carbocycles. The zero-order chi connectivity index (χ0) is 18.6. The van der Waals surface area contributed by atoms with E-state index in [1.54, 1.807) is 0 Å². The zero-order valence-electron chi connectivity index (χ0n) is 13.8. The van der Waals surface area contributed by atoms with Gasteiger partial charge in [-0.05, 0) is 43.8 Å². The normalized spacial score (nSPS) is 13.7. The first kappa shape index (κ1) is 18.3. The van der Waals surface area contributed by atoms with Gasteiger partial charge in [0.25, 0.3) is 11.4 Å². The summed E-state index contributed by atoms with van der Waals surface area (Å²) in [6, 6.07) is 1.99. The second kappa shape index (κ2) is 7.69. The Labute approximate surface area is 144 Å². The van der Waals surface area contributed by atoms with Crippen molar-refractivity contribution in [2.45, 2.75) is 32.6 Å². The summed E-state index contributed by atoms with van der Waals surface area (Å²) in [5.41, 5.74) is -0.328. The third kappa shape index (κ3) is 4.28. The second-order valence-corrected chi connectivity index (χ2v) is 5.87. The minimum Gasteiger partial charge on any atom is -0.458 e. The van der Waals surface area contributed by atoms with Crippen LogP contribution in [0.25, 0.3) is 5.57 Å². The van der Waals surface area contributed by atoms with Gasteiger partial charge in [0, 0.05) is 12.1 Å². The van der Waals surface area contributed by atoms with E-state index in [4.69, 9.17) is 4.74 Å². The molecule has 1 aromatic carbocycles. The van der Waals surface area contributed by atoms with Crippen LogP contribution in [0.4, 0.5) is 11.4 Å². The van der Waals surface area contributed by atoms with E-state index in [0.717, 1.165) is 43.4 Å². The first-order chi connectivity index (χ1) is 11.8. The van der Waals surface area contributed by atoms with Crippen LogP contribution in [-0.4, -0.2) is 22.4 Å². The van der Waals surface area contributed by atoms with Gasteiger partial charge in [-0.2, -0.15) is 0 Å². The van der Waals surface area contributed by atoms with Crippen molar-refractivity contribution in [1.82, 2.24) is 0 Å². The van der Waals surface area contributed by atoms with Crippen molar-refractivity contribution in [1.29, 1.82) is 0 Å². The number of nitrogens with zero attached hydrogens (tertiary/aromatic N) is 2. The van der Waals surface area contributed by atoms with Crippen molar-refractivity contribution in [3.05, 3.63) is 61.7 Å². The first-order valence-corrected chi connectivity index (χ1v) is 7.79. The van der Waals surface area contributed by atoms with Crippen molar-refractivity contribution in [2.24, 2.45) is 0 Å². The molecule has 0 spiro atoms. The fourth-order valence-corrected chi connectivity index (χ4v) is 2.73. The molecule has 0 amide bonds. The SMILES string of the molecule is C=C(C)c1c([N+](=O)[O-])cc(C(=O)OCC2=CCCCC2)cc1[N+](=O)[O-]. The molecular formula is C17H18N2O6. The van der Waals surface area contributed by atoms with Crippen LogP contribution >= 0.6 is 0 Å². The fourth-order valence-electron chi connectivity index (χ4n) is 2.73. The number of hydrogen-bond donors (Lipinski definition) is 0. The molecule has 132 valence electrons. The summed E-state index contributed by atoms with van der Waals surface area (Å²) < 4.78 is 5.16. The molecule has 8 nitrogen and oxygen atoms in total. The smallest absolute Gasteiger partial charge is 0.338 e. The van der Waals surface area contributed by atoms with E-state index in [9.17, 15) is 25.0 Å². The van der Waals surface area contributed by atoms with E-state index in [1.807, 2.05) is 6.08 Å². The molecule has 25 heavy (non-hydrogen) atoms. The Bertz CT molecular complexity index is 746. The lowest BCUT2D eigenvalue weighted by Crippen LogP contribution is -2.11. The van der Waals surface area contributed by atoms with Crippen LogP contribution < -0.4 is 0 Å². The molecule has 0 radical (unpaired) electrons. The summed E-state index contributed by atoms with van der Waals surface area (Å²) in [7, 11) is 0. The fraction of sp³-hybridized carbons (Fsp3) is 0.353. The predicted molar refractivity (Wildman–Crippen MR) is 91.3 cm³/mol. The van der Waals surface area contributed by atoms with Gasteiger partial charge in [0.15, 0.2) is 0 Å². The molecule has 0 atom stereocenters. The van der Waals surface area contributed by atoms with Gasteiger partial charge in [0.05, 0.1) is 15.4 Å². The number of nitro groups is 2. The Kier molecular flexibility index (Phi) is 5.63. The summed E-state index contributed by atoms with van der Waals surface area (Å²) in [5.74, 6) is -0.828. The van der Waals surface area contributed by atoms with E-state index in [1.165, 1.54) is 6.92 Å². The molecule has 1 aromatic rings. The third-order valence-electron chi connectivity index (χ3n) is 3.93. The van der Waals surface area contributed by atoms with E-state index in [0.29, 0.717) is 0 Å². The highest BCUT2D eigenvalue weighted by Gasteiger charge is 2.29. The molecule has 0 heterocycles. The summed E-state index contributed by atoms with van der Waals surface area (Å²) in [5, 5.41) is 22.5. The lowest BCUT2D eigenvalue weighted by atomic mass is 10.00. The quantitative estimate of drug-likeness (QED) is 0.330. The molecule has 2 rings (SSSR count). The Morgan fingerprint density at radius 3 is 2.24 bits per heavy atom. The maximum Gasteiger partial charge on any atom is 0.338 e. The molecule has 0 unspecified atom stereocenters. The molecule has 1 aliphatic rings. The van der Waals surface area contributed by atoms with Crippen LogP contribution in [0.2, 0.25) is 0 Å². The highest BCUT2D eigenvalue weighted by molar-refractivity contribution is 5.93. The number of rotatable bonds is 6. The first-order valence-electron chi connectivity index (χ1n) is 7.79. The molecule has 0 saturated carbocycles. The Hall–Kier alpha value is -3.03. The largest absolute Gasteiger partial charge is 0.458 e. The molecule has 0 aromatic heterocycles. The number of carbonyl (C=O) groups is 1. The second-order valence-electron chi connectivity index (χ2n) is 5.87. The van der Waals surface area contributed by atoms with Gasteiger partial charge in [-0.25, -0.2) is 4.79 Å². The van der Waals surface area contributed by atoms with Crippen LogP contribution in [0.15, 0.2) is 30.4 Å². The van der Waals surface area contributed by atoms with Crippen LogP contribution in [0.5, 0.6) is 0 Å². The van der Waals surface area contributed by atoms with Crippen molar-refractivity contribution in [2.75, 3.05) is 6.61 Å². The van der Waals surface area contributed by atoms with E-state index in [-0.39, 0.29) is 23.3 Å². The number of allylic oxidation sites excluding steroid dienone is 2. The van der Waals surface area contributed by atoms with Crippen molar-refractivity contribution in [3.63, 3.8) is 0 Å². The van der Waals surface area contributed by atoms with Gasteiger partial charge < -0.3 is 4.74 Å². The van der Waals surface area contributed by atoms with E-state index in [2.05, 4.69) is 6.58 Å². The number of esters is 1. The van der Waals surface area contributed by atoms with E-state index < -0.39 is 27.2 Å². The molecule has 0 fully saturated rings. The average molecular weight is 346 g/mol. The molecule has 0 bridgehead atoms. The molecule has 8 heteroatoms. The summed E-state index contributed by atoms with van der Waals surface area (Å²) in [4.78, 5) is 33.2. The van der Waals surface area contributed by atoms with Crippen LogP contribution in [-0.2, 0) is 4.74 Å². The summed E-state index contributed by atoms with van der Waals surface area (Å²) in [6.45, 7) is 5.07. The number of carbonyl (C=O) groups excluding carboxylic acids is 1. The average Bonchev–Trinajstić information content (AvgIpc) is 2.59. The van der Waals surface area contributed by atoms with Crippen molar-refractivity contribution < 1.29 is 19.4 Å². The Balaban J connectivity index is 2.35. The Morgan fingerprint density at radius 2 is 1.80 bits per heavy atom. The number of hydrogen-bond acceptors (Lipinski definition) is 6. The van der Waals surface area contributed by atoms with Crippen LogP contribution in [0.1, 0.15) is 48.5 Å².